The molecule has 1 fully saturated rings. The maximum absolute atomic E-state index is 11.5. The average molecular weight is 423 g/mol. The molecule has 0 aromatic carbocycles. The quantitative estimate of drug-likeness (QED) is 0.671. The van der Waals surface area contributed by atoms with Crippen LogP contribution in [0.3, 0.4) is 0 Å². The molecule has 1 saturated heterocycles. The molecule has 0 atom stereocenters. The van der Waals surface area contributed by atoms with Crippen LogP contribution in [-0.4, -0.2) is 71.0 Å². The van der Waals surface area contributed by atoms with Crippen LogP contribution >= 0.6 is 0 Å². The molecule has 152 valence electrons. The molecule has 25 heavy (non-hydrogen) atoms. The normalized spacial score (nSPS) is 18.1. The molecule has 1 rings (SSSR count). The SMILES string of the molecule is CCCCN1CCN(C)C1.O=S(=O)(NS(=O)(=O)C(F)(F)F)C(F)(F)F. The highest BCUT2D eigenvalue weighted by Crippen LogP contribution is 2.27. The van der Waals surface area contributed by atoms with Gasteiger partial charge in [-0.25, -0.2) is 16.8 Å². The second-order valence-corrected chi connectivity index (χ2v) is 8.78. The Balaban J connectivity index is 0.000000496. The van der Waals surface area contributed by atoms with Gasteiger partial charge in [0.05, 0.1) is 6.67 Å². The van der Waals surface area contributed by atoms with Crippen molar-refractivity contribution >= 4 is 20.0 Å². The van der Waals surface area contributed by atoms with E-state index in [1.807, 2.05) is 0 Å². The summed E-state index contributed by atoms with van der Waals surface area (Å²) in [6.07, 6.45) is 2.67. The van der Waals surface area contributed by atoms with Gasteiger partial charge in [-0.15, -0.1) is 0 Å². The Hall–Kier alpha value is -0.640. The molecule has 0 spiro atoms. The second-order valence-electron chi connectivity index (χ2n) is 5.17. The van der Waals surface area contributed by atoms with Gasteiger partial charge in [0.15, 0.2) is 0 Å². The number of hydrogen-bond donors (Lipinski definition) is 1. The lowest BCUT2D eigenvalue weighted by molar-refractivity contribution is -0.0476. The largest absolute Gasteiger partial charge is 0.512 e. The number of unbranched alkanes of at least 4 members (excludes halogenated alkanes) is 1. The molecular formula is C10H19F6N3O4S2. The number of halogens is 6. The maximum atomic E-state index is 11.5. The van der Waals surface area contributed by atoms with Crippen molar-refractivity contribution in [3.8, 4) is 0 Å². The number of alkyl halides is 6. The van der Waals surface area contributed by atoms with E-state index in [9.17, 15) is 43.2 Å². The van der Waals surface area contributed by atoms with E-state index >= 15 is 0 Å². The minimum Gasteiger partial charge on any atom is -0.292 e. The van der Waals surface area contributed by atoms with Gasteiger partial charge in [0.1, 0.15) is 0 Å². The first kappa shape index (κ1) is 24.4. The molecule has 0 aliphatic carbocycles. The molecule has 1 N–H and O–H groups in total. The first-order valence-corrected chi connectivity index (χ1v) is 9.82. The van der Waals surface area contributed by atoms with E-state index in [1.165, 1.54) is 39.1 Å². The van der Waals surface area contributed by atoms with Gasteiger partial charge < -0.3 is 0 Å². The van der Waals surface area contributed by atoms with Crippen LogP contribution in [0.15, 0.2) is 0 Å². The van der Waals surface area contributed by atoms with Crippen LogP contribution in [0.2, 0.25) is 0 Å². The van der Waals surface area contributed by atoms with E-state index in [1.54, 1.807) is 0 Å². The van der Waals surface area contributed by atoms with Crippen molar-refractivity contribution in [1.82, 2.24) is 13.9 Å². The third kappa shape index (κ3) is 8.06. The number of nitrogens with one attached hydrogen (secondary N) is 1. The van der Waals surface area contributed by atoms with E-state index in [4.69, 9.17) is 0 Å². The first-order chi connectivity index (χ1) is 11.0. The van der Waals surface area contributed by atoms with Crippen LogP contribution in [0.4, 0.5) is 26.3 Å². The number of sulfonamides is 2. The van der Waals surface area contributed by atoms with Gasteiger partial charge in [0.25, 0.3) is 0 Å². The minimum absolute atomic E-state index is 0.493. The summed E-state index contributed by atoms with van der Waals surface area (Å²) >= 11 is 0. The highest BCUT2D eigenvalue weighted by Gasteiger charge is 2.55. The minimum atomic E-state index is -6.60. The third-order valence-electron chi connectivity index (χ3n) is 2.90. The van der Waals surface area contributed by atoms with Gasteiger partial charge in [0, 0.05) is 13.1 Å². The summed E-state index contributed by atoms with van der Waals surface area (Å²) in [5.41, 5.74) is -12.3. The van der Waals surface area contributed by atoms with E-state index in [0.717, 1.165) is 0 Å². The molecule has 15 heteroatoms. The third-order valence-corrected chi connectivity index (χ3v) is 5.87. The van der Waals surface area contributed by atoms with Crippen molar-refractivity contribution in [1.29, 1.82) is 0 Å². The van der Waals surface area contributed by atoms with E-state index in [2.05, 4.69) is 23.8 Å². The Morgan fingerprint density at radius 3 is 1.64 bits per heavy atom. The van der Waals surface area contributed by atoms with Crippen LogP contribution in [0.1, 0.15) is 19.8 Å². The average Bonchev–Trinajstić information content (AvgIpc) is 2.79. The zero-order valence-electron chi connectivity index (χ0n) is 13.4. The van der Waals surface area contributed by atoms with Crippen LogP contribution in [-0.2, 0) is 20.0 Å². The Morgan fingerprint density at radius 2 is 1.36 bits per heavy atom. The summed E-state index contributed by atoms with van der Waals surface area (Å²) in [5, 5.41) is 0. The first-order valence-electron chi connectivity index (χ1n) is 6.85. The van der Waals surface area contributed by atoms with Crippen molar-refractivity contribution in [2.45, 2.75) is 30.8 Å². The fourth-order valence-corrected chi connectivity index (χ4v) is 3.51. The van der Waals surface area contributed by atoms with Gasteiger partial charge in [-0.05, 0) is 20.0 Å². The summed E-state index contributed by atoms with van der Waals surface area (Å²) in [4.78, 5) is 4.89. The molecule has 0 saturated carbocycles. The van der Waals surface area contributed by atoms with E-state index < -0.39 is 35.2 Å². The Labute approximate surface area is 142 Å². The standard InChI is InChI=1S/C8H18N2.C2HF6NO4S2/c1-3-4-5-10-7-6-9(2)8-10;3-1(4,5)14(10,11)9-15(12,13)2(6,7)8/h3-8H2,1-2H3;9H. The fraction of sp³-hybridized carbons (Fsp3) is 1.00. The topological polar surface area (TPSA) is 86.8 Å². The van der Waals surface area contributed by atoms with Crippen LogP contribution in [0, 0.1) is 0 Å². The monoisotopic (exact) mass is 423 g/mol. The summed E-state index contributed by atoms with van der Waals surface area (Å²) in [6.45, 7) is 7.25. The van der Waals surface area contributed by atoms with Gasteiger partial charge in [-0.2, -0.15) is 26.3 Å². The van der Waals surface area contributed by atoms with Crippen molar-refractivity contribution in [2.24, 2.45) is 0 Å². The fourth-order valence-electron chi connectivity index (χ4n) is 1.60. The van der Waals surface area contributed by atoms with Crippen LogP contribution in [0.25, 0.3) is 0 Å². The van der Waals surface area contributed by atoms with Crippen molar-refractivity contribution in [3.05, 3.63) is 0 Å². The predicted octanol–water partition coefficient (Wildman–Crippen LogP) is 1.27. The molecule has 0 aromatic heterocycles. The lowest BCUT2D eigenvalue weighted by atomic mass is 10.3. The zero-order valence-corrected chi connectivity index (χ0v) is 15.0. The number of nitrogens with zero attached hydrogens (tertiary/aromatic N) is 2. The van der Waals surface area contributed by atoms with Crippen LogP contribution < -0.4 is 4.13 Å². The van der Waals surface area contributed by atoms with Gasteiger partial charge >= 0.3 is 31.1 Å². The Bertz CT molecular complexity index is 576. The molecule has 0 amide bonds. The summed E-state index contributed by atoms with van der Waals surface area (Å²) in [5.74, 6) is 0. The number of rotatable bonds is 5. The van der Waals surface area contributed by atoms with Crippen LogP contribution in [0.5, 0.6) is 0 Å². The smallest absolute Gasteiger partial charge is 0.292 e. The number of likely N-dealkylation sites (N-methyl/N-ethyl adjacent to an activating group) is 1. The summed E-state index contributed by atoms with van der Waals surface area (Å²) in [6, 6.07) is 0. The number of hydrogen-bond acceptors (Lipinski definition) is 6. The molecule has 0 bridgehead atoms. The summed E-state index contributed by atoms with van der Waals surface area (Å²) < 4.78 is 108. The Kier molecular flexibility index (Phi) is 8.61. The lowest BCUT2D eigenvalue weighted by Gasteiger charge is -2.13. The second kappa shape index (κ2) is 8.83. The highest BCUT2D eigenvalue weighted by atomic mass is 32.3. The molecule has 1 heterocycles. The van der Waals surface area contributed by atoms with E-state index in [0.29, 0.717) is 0 Å². The van der Waals surface area contributed by atoms with Crippen molar-refractivity contribution in [3.63, 3.8) is 0 Å². The van der Waals surface area contributed by atoms with Crippen molar-refractivity contribution < 1.29 is 43.2 Å². The Morgan fingerprint density at radius 1 is 0.920 bits per heavy atom. The van der Waals surface area contributed by atoms with E-state index in [-0.39, 0.29) is 0 Å². The molecule has 1 aliphatic rings. The van der Waals surface area contributed by atoms with Gasteiger partial charge in [-0.3, -0.25) is 9.80 Å². The lowest BCUT2D eigenvalue weighted by Crippen LogP contribution is -2.45. The molecular weight excluding hydrogens is 404 g/mol. The van der Waals surface area contributed by atoms with Gasteiger partial charge in [-0.1, -0.05) is 17.5 Å². The molecule has 7 nitrogen and oxygen atoms in total. The molecule has 1 aliphatic heterocycles. The highest BCUT2D eigenvalue weighted by molar-refractivity contribution is 8.05. The maximum Gasteiger partial charge on any atom is 0.512 e. The molecule has 0 aromatic rings. The zero-order chi connectivity index (χ0) is 20.1. The molecule has 0 radical (unpaired) electrons. The predicted molar refractivity (Wildman–Crippen MR) is 77.1 cm³/mol. The van der Waals surface area contributed by atoms with Crippen molar-refractivity contribution in [2.75, 3.05) is 33.4 Å². The summed E-state index contributed by atoms with van der Waals surface area (Å²) in [7, 11) is -11.0. The van der Waals surface area contributed by atoms with Gasteiger partial charge in [0.2, 0.25) is 0 Å². The molecule has 0 unspecified atom stereocenters.